The number of carbonyl (C=O) groups excluding carboxylic acids is 3. The van der Waals surface area contributed by atoms with E-state index in [2.05, 4.69) is 23.8 Å². The molecule has 0 spiro atoms. The SMILES string of the molecule is C=CCCCC(=O)OCC(Cc1ccccc1)NC(=O)C(CC=C)CC(=O)NC1(CO)CCCC1. The fourth-order valence-corrected chi connectivity index (χ4v) is 4.45. The van der Waals surface area contributed by atoms with Crippen LogP contribution in [0.5, 0.6) is 0 Å². The molecule has 1 aliphatic rings. The zero-order chi connectivity index (χ0) is 25.5. The molecule has 1 aromatic rings. The number of benzene rings is 1. The van der Waals surface area contributed by atoms with Crippen molar-refractivity contribution in [1.29, 1.82) is 0 Å². The normalized spacial score (nSPS) is 16.0. The number of rotatable bonds is 16. The fourth-order valence-electron chi connectivity index (χ4n) is 4.45. The maximum atomic E-state index is 13.2. The number of esters is 1. The lowest BCUT2D eigenvalue weighted by Crippen LogP contribution is -2.50. The van der Waals surface area contributed by atoms with E-state index in [0.717, 1.165) is 37.7 Å². The Morgan fingerprint density at radius 2 is 1.83 bits per heavy atom. The van der Waals surface area contributed by atoms with E-state index in [1.165, 1.54) is 0 Å². The number of unbranched alkanes of at least 4 members (excludes halogenated alkanes) is 1. The molecule has 1 saturated carbocycles. The van der Waals surface area contributed by atoms with E-state index < -0.39 is 17.5 Å². The van der Waals surface area contributed by atoms with E-state index in [9.17, 15) is 19.5 Å². The van der Waals surface area contributed by atoms with Gasteiger partial charge in [0.2, 0.25) is 11.8 Å². The largest absolute Gasteiger partial charge is 0.463 e. The zero-order valence-corrected chi connectivity index (χ0v) is 20.7. The monoisotopic (exact) mass is 484 g/mol. The van der Waals surface area contributed by atoms with Crippen molar-refractivity contribution in [3.63, 3.8) is 0 Å². The molecular formula is C28H40N2O5. The summed E-state index contributed by atoms with van der Waals surface area (Å²) >= 11 is 0. The van der Waals surface area contributed by atoms with Crippen molar-refractivity contribution < 1.29 is 24.2 Å². The van der Waals surface area contributed by atoms with Crippen LogP contribution in [0.1, 0.15) is 63.4 Å². The van der Waals surface area contributed by atoms with Gasteiger partial charge in [-0.2, -0.15) is 0 Å². The Kier molecular flexibility index (Phi) is 12.2. The highest BCUT2D eigenvalue weighted by Gasteiger charge is 2.35. The van der Waals surface area contributed by atoms with Gasteiger partial charge in [0.15, 0.2) is 0 Å². The Morgan fingerprint density at radius 1 is 1.11 bits per heavy atom. The predicted octanol–water partition coefficient (Wildman–Crippen LogP) is 3.62. The van der Waals surface area contributed by atoms with E-state index in [-0.39, 0.29) is 37.4 Å². The molecule has 7 heteroatoms. The predicted molar refractivity (Wildman–Crippen MR) is 136 cm³/mol. The Morgan fingerprint density at radius 3 is 2.46 bits per heavy atom. The van der Waals surface area contributed by atoms with Crippen LogP contribution in [-0.4, -0.2) is 47.7 Å². The molecule has 1 fully saturated rings. The number of carbonyl (C=O) groups is 3. The van der Waals surface area contributed by atoms with Gasteiger partial charge in [-0.15, -0.1) is 13.2 Å². The van der Waals surface area contributed by atoms with Gasteiger partial charge in [-0.3, -0.25) is 14.4 Å². The first-order valence-electron chi connectivity index (χ1n) is 12.5. The highest BCUT2D eigenvalue weighted by atomic mass is 16.5. The summed E-state index contributed by atoms with van der Waals surface area (Å²) in [4.78, 5) is 38.0. The summed E-state index contributed by atoms with van der Waals surface area (Å²) in [5, 5.41) is 15.7. The summed E-state index contributed by atoms with van der Waals surface area (Å²) in [7, 11) is 0. The van der Waals surface area contributed by atoms with E-state index in [1.807, 2.05) is 30.3 Å². The molecule has 2 amide bonds. The van der Waals surface area contributed by atoms with Crippen LogP contribution in [0.25, 0.3) is 0 Å². The number of nitrogens with one attached hydrogen (secondary N) is 2. The molecule has 35 heavy (non-hydrogen) atoms. The van der Waals surface area contributed by atoms with Crippen LogP contribution >= 0.6 is 0 Å². The molecule has 0 aliphatic heterocycles. The molecule has 0 bridgehead atoms. The maximum Gasteiger partial charge on any atom is 0.305 e. The quantitative estimate of drug-likeness (QED) is 0.189. The number of amides is 2. The van der Waals surface area contributed by atoms with Crippen LogP contribution in [0.2, 0.25) is 0 Å². The average Bonchev–Trinajstić information content (AvgIpc) is 3.31. The van der Waals surface area contributed by atoms with Gasteiger partial charge in [-0.1, -0.05) is 55.3 Å². The van der Waals surface area contributed by atoms with E-state index in [4.69, 9.17) is 4.74 Å². The van der Waals surface area contributed by atoms with Crippen LogP contribution in [0.15, 0.2) is 55.6 Å². The van der Waals surface area contributed by atoms with Crippen molar-refractivity contribution in [2.75, 3.05) is 13.2 Å². The number of hydrogen-bond donors (Lipinski definition) is 3. The molecule has 1 aromatic carbocycles. The Hall–Kier alpha value is -2.93. The van der Waals surface area contributed by atoms with E-state index >= 15 is 0 Å². The highest BCUT2D eigenvalue weighted by Crippen LogP contribution is 2.29. The van der Waals surface area contributed by atoms with Gasteiger partial charge >= 0.3 is 5.97 Å². The van der Waals surface area contributed by atoms with Crippen LogP contribution in [0.3, 0.4) is 0 Å². The first-order chi connectivity index (χ1) is 16.9. The molecule has 3 N–H and O–H groups in total. The molecule has 7 nitrogen and oxygen atoms in total. The number of hydrogen-bond acceptors (Lipinski definition) is 5. The van der Waals surface area contributed by atoms with Gasteiger partial charge in [0.05, 0.1) is 24.1 Å². The number of aliphatic hydroxyl groups excluding tert-OH is 1. The van der Waals surface area contributed by atoms with E-state index in [0.29, 0.717) is 25.7 Å². The topological polar surface area (TPSA) is 105 Å². The summed E-state index contributed by atoms with van der Waals surface area (Å²) in [5.41, 5.74) is 0.423. The van der Waals surface area contributed by atoms with Crippen molar-refractivity contribution in [3.8, 4) is 0 Å². The van der Waals surface area contributed by atoms with E-state index in [1.54, 1.807) is 12.2 Å². The smallest absolute Gasteiger partial charge is 0.305 e. The minimum absolute atomic E-state index is 0.000991. The van der Waals surface area contributed by atoms with Crippen LogP contribution < -0.4 is 10.6 Å². The first-order valence-corrected chi connectivity index (χ1v) is 12.5. The highest BCUT2D eigenvalue weighted by molar-refractivity contribution is 5.86. The second-order valence-corrected chi connectivity index (χ2v) is 9.38. The van der Waals surface area contributed by atoms with Crippen molar-refractivity contribution in [3.05, 3.63) is 61.2 Å². The minimum atomic E-state index is -0.605. The van der Waals surface area contributed by atoms with Crippen molar-refractivity contribution in [2.45, 2.75) is 75.8 Å². The zero-order valence-electron chi connectivity index (χ0n) is 20.7. The van der Waals surface area contributed by atoms with Gasteiger partial charge in [0, 0.05) is 12.8 Å². The maximum absolute atomic E-state index is 13.2. The molecule has 0 aromatic heterocycles. The number of aliphatic hydroxyl groups is 1. The van der Waals surface area contributed by atoms with Crippen LogP contribution in [0, 0.1) is 5.92 Å². The fraction of sp³-hybridized carbons (Fsp3) is 0.536. The standard InChI is InChI=1S/C28H40N2O5/c1-3-5-7-15-26(33)35-20-24(18-22-13-8-6-9-14-22)29-27(34)23(12-4-2)19-25(32)30-28(21-31)16-10-11-17-28/h3-4,6,8-9,13-14,23-24,31H,1-2,5,7,10-12,15-21H2,(H,29,34)(H,30,32). The lowest BCUT2D eigenvalue weighted by Gasteiger charge is -2.29. The average molecular weight is 485 g/mol. The third kappa shape index (κ3) is 10.1. The molecule has 2 rings (SSSR count). The Balaban J connectivity index is 2.01. The molecule has 0 saturated heterocycles. The third-order valence-electron chi connectivity index (χ3n) is 6.43. The molecule has 2 unspecified atom stereocenters. The third-order valence-corrected chi connectivity index (χ3v) is 6.43. The van der Waals surface area contributed by atoms with Crippen molar-refractivity contribution in [2.24, 2.45) is 5.92 Å². The van der Waals surface area contributed by atoms with Gasteiger partial charge in [-0.05, 0) is 44.1 Å². The van der Waals surface area contributed by atoms with Crippen molar-refractivity contribution >= 4 is 17.8 Å². The molecule has 192 valence electrons. The Labute approximate surface area is 209 Å². The summed E-state index contributed by atoms with van der Waals surface area (Å²) in [6, 6.07) is 9.23. The number of ether oxygens (including phenoxy) is 1. The lowest BCUT2D eigenvalue weighted by molar-refractivity contribution is -0.145. The lowest BCUT2D eigenvalue weighted by atomic mass is 9.95. The molecule has 0 radical (unpaired) electrons. The summed E-state index contributed by atoms with van der Waals surface area (Å²) in [5.74, 6) is -1.46. The minimum Gasteiger partial charge on any atom is -0.463 e. The van der Waals surface area contributed by atoms with Crippen LogP contribution in [-0.2, 0) is 25.5 Å². The summed E-state index contributed by atoms with van der Waals surface area (Å²) < 4.78 is 5.45. The first kappa shape index (κ1) is 28.3. The van der Waals surface area contributed by atoms with Crippen LogP contribution in [0.4, 0.5) is 0 Å². The molecule has 0 heterocycles. The van der Waals surface area contributed by atoms with Gasteiger partial charge < -0.3 is 20.5 Å². The van der Waals surface area contributed by atoms with Gasteiger partial charge in [-0.25, -0.2) is 0 Å². The Bertz CT molecular complexity index is 833. The molecule has 1 aliphatic carbocycles. The van der Waals surface area contributed by atoms with Gasteiger partial charge in [0.25, 0.3) is 0 Å². The second kappa shape index (κ2) is 15.1. The second-order valence-electron chi connectivity index (χ2n) is 9.38. The van der Waals surface area contributed by atoms with Crippen molar-refractivity contribution in [1.82, 2.24) is 10.6 Å². The summed E-state index contributed by atoms with van der Waals surface area (Å²) in [6.07, 6.45) is 9.33. The molecule has 2 atom stereocenters. The molecular weight excluding hydrogens is 444 g/mol. The summed E-state index contributed by atoms with van der Waals surface area (Å²) in [6.45, 7) is 7.34. The number of allylic oxidation sites excluding steroid dienone is 2. The van der Waals surface area contributed by atoms with Gasteiger partial charge in [0.1, 0.15) is 6.61 Å².